The zero-order chi connectivity index (χ0) is 20.3. The van der Waals surface area contributed by atoms with Crippen LogP contribution in [0.1, 0.15) is 65.2 Å². The van der Waals surface area contributed by atoms with E-state index in [2.05, 4.69) is 13.8 Å². The van der Waals surface area contributed by atoms with E-state index in [1.54, 1.807) is 0 Å². The van der Waals surface area contributed by atoms with Gasteiger partial charge in [-0.15, -0.1) is 0 Å². The van der Waals surface area contributed by atoms with E-state index in [9.17, 15) is 19.7 Å². The van der Waals surface area contributed by atoms with E-state index in [0.29, 0.717) is 23.9 Å². The van der Waals surface area contributed by atoms with Crippen molar-refractivity contribution in [2.75, 3.05) is 40.9 Å². The molecular weight excluding hydrogens is 357 g/mol. The molecule has 0 heterocycles. The van der Waals surface area contributed by atoms with Gasteiger partial charge >= 0.3 is 7.82 Å². The van der Waals surface area contributed by atoms with Crippen LogP contribution in [0.2, 0.25) is 0 Å². The minimum atomic E-state index is -4.25. The number of likely N-dealkylation sites (N-methyl/N-ethyl adjacent to an activating group) is 1. The van der Waals surface area contributed by atoms with E-state index in [-0.39, 0.29) is 6.61 Å². The lowest BCUT2D eigenvalue weighted by Gasteiger charge is -2.33. The highest BCUT2D eigenvalue weighted by Gasteiger charge is 2.36. The van der Waals surface area contributed by atoms with Crippen molar-refractivity contribution in [1.29, 1.82) is 0 Å². The fourth-order valence-electron chi connectivity index (χ4n) is 2.61. The normalized spacial score (nSPS) is 16.5. The summed E-state index contributed by atoms with van der Waals surface area (Å²) in [5, 5.41) is 21.3. The highest BCUT2D eigenvalue weighted by atomic mass is 31.2. The summed E-state index contributed by atoms with van der Waals surface area (Å²) in [5.74, 6) is 0. The van der Waals surface area contributed by atoms with Gasteiger partial charge in [0.1, 0.15) is 19.3 Å². The van der Waals surface area contributed by atoms with Crippen molar-refractivity contribution in [2.24, 2.45) is 0 Å². The summed E-state index contributed by atoms with van der Waals surface area (Å²) < 4.78 is 22.4. The second-order valence-electron chi connectivity index (χ2n) is 8.15. The number of aliphatic hydroxyl groups is 2. The molecule has 0 amide bonds. The predicted molar refractivity (Wildman–Crippen MR) is 104 cm³/mol. The van der Waals surface area contributed by atoms with E-state index in [0.717, 1.165) is 38.5 Å². The topological polar surface area (TPSA) is 96.2 Å². The Labute approximate surface area is 159 Å². The molecule has 0 spiro atoms. The third-order valence-electron chi connectivity index (χ3n) is 4.46. The summed E-state index contributed by atoms with van der Waals surface area (Å²) in [6.45, 7) is 4.35. The number of nitrogens with zero attached hydrogens (tertiary/aromatic N) is 1. The largest absolute Gasteiger partial charge is 0.472 e. The Morgan fingerprint density at radius 2 is 1.50 bits per heavy atom. The molecule has 0 saturated heterocycles. The summed E-state index contributed by atoms with van der Waals surface area (Å²) in [6, 6.07) is 0. The van der Waals surface area contributed by atoms with Gasteiger partial charge in [0.15, 0.2) is 0 Å². The van der Waals surface area contributed by atoms with Crippen LogP contribution in [0.5, 0.6) is 0 Å². The van der Waals surface area contributed by atoms with Crippen molar-refractivity contribution in [3.8, 4) is 0 Å². The zero-order valence-electron chi connectivity index (χ0n) is 17.3. The van der Waals surface area contributed by atoms with Crippen molar-refractivity contribution >= 4 is 7.82 Å². The number of aliphatic hydroxyl groups excluding tert-OH is 1. The first-order chi connectivity index (χ1) is 12.0. The molecule has 0 aliphatic heterocycles. The fourth-order valence-corrected chi connectivity index (χ4v) is 3.32. The van der Waals surface area contributed by atoms with Crippen LogP contribution in [0.15, 0.2) is 0 Å². The Bertz CT molecular complexity index is 403. The molecule has 3 N–H and O–H groups in total. The molecule has 0 rings (SSSR count). The number of unbranched alkanes of at least 4 members (excludes halogenated alkanes) is 4. The Morgan fingerprint density at radius 3 is 1.92 bits per heavy atom. The first-order valence-electron chi connectivity index (χ1n) is 9.78. The SMILES string of the molecule is CCCCCC(O)(CCCCC)[C@@H](O)COP(=O)(O)OCC[N+](C)(C)C. The fraction of sp³-hybridized carbons (Fsp3) is 1.00. The summed E-state index contributed by atoms with van der Waals surface area (Å²) in [7, 11) is 1.60. The van der Waals surface area contributed by atoms with Crippen LogP contribution in [-0.4, -0.2) is 72.2 Å². The van der Waals surface area contributed by atoms with Crippen LogP contribution in [0, 0.1) is 0 Å². The molecule has 0 aliphatic rings. The van der Waals surface area contributed by atoms with Gasteiger partial charge in [0.25, 0.3) is 0 Å². The molecule has 7 nitrogen and oxygen atoms in total. The lowest BCUT2D eigenvalue weighted by atomic mass is 9.85. The highest BCUT2D eigenvalue weighted by Crippen LogP contribution is 2.43. The first-order valence-corrected chi connectivity index (χ1v) is 11.3. The monoisotopic (exact) mass is 398 g/mol. The highest BCUT2D eigenvalue weighted by molar-refractivity contribution is 7.47. The van der Waals surface area contributed by atoms with Crippen LogP contribution in [0.4, 0.5) is 0 Å². The smallest absolute Gasteiger partial charge is 0.388 e. The minimum Gasteiger partial charge on any atom is -0.388 e. The van der Waals surface area contributed by atoms with Crippen LogP contribution < -0.4 is 0 Å². The third-order valence-corrected chi connectivity index (χ3v) is 5.44. The second kappa shape index (κ2) is 12.4. The predicted octanol–water partition coefficient (Wildman–Crippen LogP) is 3.08. The Balaban J connectivity index is 4.59. The average molecular weight is 399 g/mol. The molecule has 0 radical (unpaired) electrons. The van der Waals surface area contributed by atoms with Crippen LogP contribution in [0.3, 0.4) is 0 Å². The van der Waals surface area contributed by atoms with E-state index < -0.39 is 26.1 Å². The standard InChI is InChI=1S/C18H40NO6P/c1-6-8-10-12-18(21,13-11-9-7-2)17(20)16-25-26(22,23)24-15-14-19(3,4)5/h17,20-21H,6-16H2,1-5H3/p+1/t17-/m0/s1. The van der Waals surface area contributed by atoms with Crippen molar-refractivity contribution in [2.45, 2.75) is 76.9 Å². The minimum absolute atomic E-state index is 0.0740. The maximum absolute atomic E-state index is 12.0. The maximum Gasteiger partial charge on any atom is 0.472 e. The molecule has 2 atom stereocenters. The Hall–Kier alpha value is -0.0100. The summed E-state index contributed by atoms with van der Waals surface area (Å²) in [4.78, 5) is 9.77. The zero-order valence-corrected chi connectivity index (χ0v) is 18.2. The van der Waals surface area contributed by atoms with E-state index in [1.165, 1.54) is 0 Å². The number of phosphoric acid groups is 1. The Morgan fingerprint density at radius 1 is 1.00 bits per heavy atom. The number of hydrogen-bond acceptors (Lipinski definition) is 5. The van der Waals surface area contributed by atoms with Gasteiger partial charge in [-0.3, -0.25) is 9.05 Å². The van der Waals surface area contributed by atoms with Gasteiger partial charge in [0.05, 0.1) is 33.4 Å². The molecule has 158 valence electrons. The van der Waals surface area contributed by atoms with Crippen LogP contribution >= 0.6 is 7.82 Å². The summed E-state index contributed by atoms with van der Waals surface area (Å²) >= 11 is 0. The van der Waals surface area contributed by atoms with E-state index in [4.69, 9.17) is 9.05 Å². The van der Waals surface area contributed by atoms with Crippen molar-refractivity contribution in [1.82, 2.24) is 0 Å². The average Bonchev–Trinajstić information content (AvgIpc) is 2.51. The second-order valence-corrected chi connectivity index (χ2v) is 9.60. The number of rotatable bonds is 16. The molecule has 0 aromatic carbocycles. The van der Waals surface area contributed by atoms with Crippen LogP contribution in [0.25, 0.3) is 0 Å². The molecule has 0 aromatic rings. The number of hydrogen-bond donors (Lipinski definition) is 3. The van der Waals surface area contributed by atoms with Gasteiger partial charge in [-0.2, -0.15) is 0 Å². The summed E-state index contributed by atoms with van der Waals surface area (Å²) in [5.41, 5.74) is -1.30. The summed E-state index contributed by atoms with van der Waals surface area (Å²) in [6.07, 6.45) is 5.25. The molecule has 0 saturated carbocycles. The van der Waals surface area contributed by atoms with Gasteiger partial charge < -0.3 is 19.6 Å². The lowest BCUT2D eigenvalue weighted by Crippen LogP contribution is -2.45. The quantitative estimate of drug-likeness (QED) is 0.210. The van der Waals surface area contributed by atoms with E-state index >= 15 is 0 Å². The third kappa shape index (κ3) is 12.4. The molecule has 0 fully saturated rings. The molecule has 0 aliphatic carbocycles. The molecular formula is C18H41NO6P+. The van der Waals surface area contributed by atoms with Gasteiger partial charge in [0.2, 0.25) is 0 Å². The lowest BCUT2D eigenvalue weighted by molar-refractivity contribution is -0.870. The first kappa shape index (κ1) is 26.0. The van der Waals surface area contributed by atoms with Crippen molar-refractivity contribution in [3.63, 3.8) is 0 Å². The van der Waals surface area contributed by atoms with Gasteiger partial charge in [-0.1, -0.05) is 52.4 Å². The Kier molecular flexibility index (Phi) is 12.4. The number of phosphoric ester groups is 1. The maximum atomic E-state index is 12.0. The van der Waals surface area contributed by atoms with Crippen molar-refractivity contribution in [3.05, 3.63) is 0 Å². The molecule has 8 heteroatoms. The number of quaternary nitrogens is 1. The molecule has 26 heavy (non-hydrogen) atoms. The van der Waals surface area contributed by atoms with Gasteiger partial charge in [0, 0.05) is 0 Å². The molecule has 1 unspecified atom stereocenters. The van der Waals surface area contributed by atoms with Crippen molar-refractivity contribution < 1.29 is 33.2 Å². The molecule has 0 bridgehead atoms. The van der Waals surface area contributed by atoms with Crippen LogP contribution in [-0.2, 0) is 13.6 Å². The van der Waals surface area contributed by atoms with E-state index in [1.807, 2.05) is 21.1 Å². The van der Waals surface area contributed by atoms with Gasteiger partial charge in [-0.25, -0.2) is 4.57 Å². The van der Waals surface area contributed by atoms with Gasteiger partial charge in [-0.05, 0) is 12.8 Å². The molecule has 0 aromatic heterocycles.